The second kappa shape index (κ2) is 6.19. The van der Waals surface area contributed by atoms with Gasteiger partial charge < -0.3 is 5.73 Å². The molecule has 0 atom stereocenters. The van der Waals surface area contributed by atoms with E-state index >= 15 is 0 Å². The molecule has 1 saturated carbocycles. The summed E-state index contributed by atoms with van der Waals surface area (Å²) >= 11 is 0. The van der Waals surface area contributed by atoms with Crippen molar-refractivity contribution >= 4 is 0 Å². The van der Waals surface area contributed by atoms with Gasteiger partial charge in [-0.1, -0.05) is 46.5 Å². The van der Waals surface area contributed by atoms with E-state index in [1.165, 1.54) is 51.5 Å². The number of nitrogens with two attached hydrogens (primary N) is 1. The molecule has 0 amide bonds. The summed E-state index contributed by atoms with van der Waals surface area (Å²) in [5, 5.41) is 0. The minimum absolute atomic E-state index is 0.293. The number of rotatable bonds is 4. The first-order chi connectivity index (χ1) is 7.90. The van der Waals surface area contributed by atoms with E-state index in [1.54, 1.807) is 0 Å². The minimum Gasteiger partial charge on any atom is -0.329 e. The minimum atomic E-state index is 0.293. The summed E-state index contributed by atoms with van der Waals surface area (Å²) in [6.45, 7) is 8.98. The first-order valence-corrected chi connectivity index (χ1v) is 7.31. The van der Waals surface area contributed by atoms with Gasteiger partial charge in [-0.05, 0) is 38.3 Å². The molecule has 2 heteroatoms. The highest BCUT2D eigenvalue weighted by molar-refractivity contribution is 4.92. The van der Waals surface area contributed by atoms with E-state index in [0.29, 0.717) is 11.0 Å². The molecule has 0 heterocycles. The van der Waals surface area contributed by atoms with Gasteiger partial charge in [0.05, 0.1) is 0 Å². The third-order valence-corrected chi connectivity index (χ3v) is 4.42. The van der Waals surface area contributed by atoms with Gasteiger partial charge in [0, 0.05) is 12.1 Å². The Kier molecular flexibility index (Phi) is 5.46. The van der Waals surface area contributed by atoms with Gasteiger partial charge in [-0.2, -0.15) is 0 Å². The summed E-state index contributed by atoms with van der Waals surface area (Å²) in [7, 11) is 2.28. The molecule has 0 aromatic carbocycles. The predicted molar refractivity (Wildman–Crippen MR) is 76.2 cm³/mol. The SMILES string of the molecule is CN(CCC(C)(C)C)C1(CN)CCCCCC1. The average molecular weight is 240 g/mol. The third kappa shape index (κ3) is 4.59. The fraction of sp³-hybridized carbons (Fsp3) is 1.00. The van der Waals surface area contributed by atoms with Gasteiger partial charge in [-0.25, -0.2) is 0 Å². The molecule has 0 aliphatic heterocycles. The quantitative estimate of drug-likeness (QED) is 0.763. The number of likely N-dealkylation sites (N-methyl/N-ethyl adjacent to an activating group) is 1. The van der Waals surface area contributed by atoms with Gasteiger partial charge in [0.15, 0.2) is 0 Å². The number of hydrogen-bond donors (Lipinski definition) is 1. The van der Waals surface area contributed by atoms with Gasteiger partial charge in [0.1, 0.15) is 0 Å². The summed E-state index contributed by atoms with van der Waals surface area (Å²) in [5.41, 5.74) is 6.83. The first-order valence-electron chi connectivity index (χ1n) is 7.31. The Morgan fingerprint density at radius 2 is 1.59 bits per heavy atom. The summed E-state index contributed by atoms with van der Waals surface area (Å²) in [6.07, 6.45) is 9.36. The smallest absolute Gasteiger partial charge is 0.0328 e. The average Bonchev–Trinajstić information content (AvgIpc) is 2.51. The summed E-state index contributed by atoms with van der Waals surface area (Å²) in [4.78, 5) is 2.56. The largest absolute Gasteiger partial charge is 0.329 e. The van der Waals surface area contributed by atoms with Crippen molar-refractivity contribution in [3.05, 3.63) is 0 Å². The highest BCUT2D eigenvalue weighted by Crippen LogP contribution is 2.32. The lowest BCUT2D eigenvalue weighted by Crippen LogP contribution is -2.52. The molecule has 1 aliphatic carbocycles. The second-order valence-electron chi connectivity index (χ2n) is 7.07. The summed E-state index contributed by atoms with van der Waals surface area (Å²) in [5.74, 6) is 0. The Hall–Kier alpha value is -0.0800. The molecule has 0 aromatic heterocycles. The molecule has 1 rings (SSSR count). The lowest BCUT2D eigenvalue weighted by atomic mass is 9.86. The maximum absolute atomic E-state index is 6.11. The van der Waals surface area contributed by atoms with Crippen LogP contribution in [0.25, 0.3) is 0 Å². The molecule has 0 spiro atoms. The van der Waals surface area contributed by atoms with Crippen LogP contribution in [-0.2, 0) is 0 Å². The van der Waals surface area contributed by atoms with E-state index < -0.39 is 0 Å². The van der Waals surface area contributed by atoms with Crippen LogP contribution in [0.2, 0.25) is 0 Å². The molecular formula is C15H32N2. The molecule has 0 saturated heterocycles. The molecule has 0 aromatic rings. The fourth-order valence-corrected chi connectivity index (χ4v) is 2.87. The van der Waals surface area contributed by atoms with Gasteiger partial charge >= 0.3 is 0 Å². The molecule has 17 heavy (non-hydrogen) atoms. The maximum Gasteiger partial charge on any atom is 0.0328 e. The van der Waals surface area contributed by atoms with Gasteiger partial charge in [-0.3, -0.25) is 4.90 Å². The lowest BCUT2D eigenvalue weighted by Gasteiger charge is -2.42. The van der Waals surface area contributed by atoms with Crippen molar-refractivity contribution in [3.63, 3.8) is 0 Å². The Morgan fingerprint density at radius 1 is 1.06 bits per heavy atom. The van der Waals surface area contributed by atoms with Crippen LogP contribution in [0.4, 0.5) is 0 Å². The van der Waals surface area contributed by atoms with Crippen LogP contribution in [-0.4, -0.2) is 30.6 Å². The van der Waals surface area contributed by atoms with Crippen LogP contribution in [0, 0.1) is 5.41 Å². The predicted octanol–water partition coefficient (Wildman–Crippen LogP) is 3.41. The maximum atomic E-state index is 6.11. The number of nitrogens with zero attached hydrogens (tertiary/aromatic N) is 1. The zero-order chi connectivity index (χ0) is 12.9. The molecule has 0 radical (unpaired) electrons. The van der Waals surface area contributed by atoms with Crippen molar-refractivity contribution in [1.29, 1.82) is 0 Å². The van der Waals surface area contributed by atoms with Crippen LogP contribution in [0.1, 0.15) is 65.7 Å². The number of hydrogen-bond acceptors (Lipinski definition) is 2. The second-order valence-corrected chi connectivity index (χ2v) is 7.07. The van der Waals surface area contributed by atoms with E-state index in [-0.39, 0.29) is 0 Å². The Bertz CT molecular complexity index is 209. The van der Waals surface area contributed by atoms with Crippen LogP contribution >= 0.6 is 0 Å². The van der Waals surface area contributed by atoms with Crippen molar-refractivity contribution in [1.82, 2.24) is 4.90 Å². The zero-order valence-corrected chi connectivity index (χ0v) is 12.4. The molecule has 0 bridgehead atoms. The molecule has 102 valence electrons. The van der Waals surface area contributed by atoms with Gasteiger partial charge in [0.2, 0.25) is 0 Å². The summed E-state index contributed by atoms with van der Waals surface area (Å²) < 4.78 is 0. The van der Waals surface area contributed by atoms with Crippen molar-refractivity contribution in [2.24, 2.45) is 11.1 Å². The van der Waals surface area contributed by atoms with E-state index in [9.17, 15) is 0 Å². The molecule has 2 nitrogen and oxygen atoms in total. The van der Waals surface area contributed by atoms with Crippen molar-refractivity contribution in [2.75, 3.05) is 20.1 Å². The van der Waals surface area contributed by atoms with Crippen LogP contribution < -0.4 is 5.73 Å². The monoisotopic (exact) mass is 240 g/mol. The lowest BCUT2D eigenvalue weighted by molar-refractivity contribution is 0.0941. The standard InChI is InChI=1S/C15H32N2/c1-14(2,3)11-12-17(4)15(13-16)9-7-5-6-8-10-15/h5-13,16H2,1-4H3. The highest BCUT2D eigenvalue weighted by atomic mass is 15.2. The first kappa shape index (κ1) is 15.0. The van der Waals surface area contributed by atoms with Crippen LogP contribution in [0.15, 0.2) is 0 Å². The van der Waals surface area contributed by atoms with Crippen LogP contribution in [0.3, 0.4) is 0 Å². The van der Waals surface area contributed by atoms with Crippen molar-refractivity contribution < 1.29 is 0 Å². The van der Waals surface area contributed by atoms with E-state index in [4.69, 9.17) is 5.73 Å². The van der Waals surface area contributed by atoms with E-state index in [0.717, 1.165) is 6.54 Å². The Labute approximate surface area is 108 Å². The van der Waals surface area contributed by atoms with Gasteiger partial charge in [-0.15, -0.1) is 0 Å². The molecule has 1 aliphatic rings. The zero-order valence-electron chi connectivity index (χ0n) is 12.4. The molecule has 1 fully saturated rings. The van der Waals surface area contributed by atoms with Crippen molar-refractivity contribution in [3.8, 4) is 0 Å². The Morgan fingerprint density at radius 3 is 2.00 bits per heavy atom. The Balaban J connectivity index is 2.57. The fourth-order valence-electron chi connectivity index (χ4n) is 2.87. The van der Waals surface area contributed by atoms with Crippen LogP contribution in [0.5, 0.6) is 0 Å². The van der Waals surface area contributed by atoms with Gasteiger partial charge in [0.25, 0.3) is 0 Å². The highest BCUT2D eigenvalue weighted by Gasteiger charge is 2.33. The molecular weight excluding hydrogens is 208 g/mol. The molecule has 2 N–H and O–H groups in total. The summed E-state index contributed by atoms with van der Waals surface area (Å²) in [6, 6.07) is 0. The third-order valence-electron chi connectivity index (χ3n) is 4.42. The van der Waals surface area contributed by atoms with E-state index in [2.05, 4.69) is 32.7 Å². The topological polar surface area (TPSA) is 29.3 Å². The normalized spacial score (nSPS) is 21.5. The van der Waals surface area contributed by atoms with E-state index in [1.807, 2.05) is 0 Å². The molecule has 0 unspecified atom stereocenters. The van der Waals surface area contributed by atoms with Crippen molar-refractivity contribution in [2.45, 2.75) is 71.3 Å².